The summed E-state index contributed by atoms with van der Waals surface area (Å²) in [7, 11) is 2.05. The Balaban J connectivity index is 1.80. The molecule has 0 saturated carbocycles. The van der Waals surface area contributed by atoms with Crippen LogP contribution in [-0.4, -0.2) is 20.6 Å². The highest BCUT2D eigenvalue weighted by Gasteiger charge is 2.01. The lowest BCUT2D eigenvalue weighted by Crippen LogP contribution is -1.93. The largest absolute Gasteiger partial charge is 0.481 e. The maximum Gasteiger partial charge on any atom is 0.303 e. The van der Waals surface area contributed by atoms with Crippen LogP contribution in [0.2, 0.25) is 0 Å². The van der Waals surface area contributed by atoms with Gasteiger partial charge in [-0.15, -0.1) is 0 Å². The van der Waals surface area contributed by atoms with Gasteiger partial charge in [0.1, 0.15) is 5.82 Å². The smallest absolute Gasteiger partial charge is 0.303 e. The minimum absolute atomic E-state index is 0.331. The van der Waals surface area contributed by atoms with Crippen LogP contribution in [0.15, 0.2) is 6.20 Å². The van der Waals surface area contributed by atoms with Crippen molar-refractivity contribution in [2.24, 2.45) is 7.05 Å². The highest BCUT2D eigenvalue weighted by Crippen LogP contribution is 2.13. The molecule has 23 heavy (non-hydrogen) atoms. The second-order valence-corrected chi connectivity index (χ2v) is 6.67. The van der Waals surface area contributed by atoms with Crippen LogP contribution in [0.5, 0.6) is 0 Å². The molecule has 0 aliphatic carbocycles. The maximum absolute atomic E-state index is 10.4. The predicted molar refractivity (Wildman–Crippen MR) is 94.7 cm³/mol. The van der Waals surface area contributed by atoms with Crippen molar-refractivity contribution in [2.45, 2.75) is 90.4 Å². The first-order valence-corrected chi connectivity index (χ1v) is 9.30. The van der Waals surface area contributed by atoms with E-state index in [-0.39, 0.29) is 0 Å². The summed E-state index contributed by atoms with van der Waals surface area (Å²) in [5.74, 6) is 0.436. The summed E-state index contributed by atoms with van der Waals surface area (Å²) in [4.78, 5) is 14.9. The lowest BCUT2D eigenvalue weighted by atomic mass is 10.0. The zero-order valence-electron chi connectivity index (χ0n) is 15.0. The van der Waals surface area contributed by atoms with Crippen LogP contribution in [0.1, 0.15) is 88.6 Å². The van der Waals surface area contributed by atoms with Gasteiger partial charge in [-0.2, -0.15) is 0 Å². The summed E-state index contributed by atoms with van der Waals surface area (Å²) in [6, 6.07) is 0. The molecule has 1 N–H and O–H groups in total. The quantitative estimate of drug-likeness (QED) is 0.488. The highest BCUT2D eigenvalue weighted by atomic mass is 16.4. The van der Waals surface area contributed by atoms with Crippen LogP contribution in [-0.2, 0) is 18.3 Å². The topological polar surface area (TPSA) is 55.1 Å². The number of nitrogens with zero attached hydrogens (tertiary/aromatic N) is 2. The Kier molecular flexibility index (Phi) is 10.4. The fourth-order valence-electron chi connectivity index (χ4n) is 2.93. The molecule has 4 nitrogen and oxygen atoms in total. The molecule has 132 valence electrons. The maximum atomic E-state index is 10.4. The fraction of sp³-hybridized carbons (Fsp3) is 0.789. The molecule has 0 aromatic carbocycles. The van der Waals surface area contributed by atoms with Gasteiger partial charge >= 0.3 is 5.97 Å². The summed E-state index contributed by atoms with van der Waals surface area (Å²) in [5, 5.41) is 8.55. The van der Waals surface area contributed by atoms with Gasteiger partial charge in [0.15, 0.2) is 0 Å². The van der Waals surface area contributed by atoms with Gasteiger partial charge in [-0.1, -0.05) is 57.8 Å². The molecule has 1 aromatic heterocycles. The molecule has 0 aliphatic rings. The molecule has 1 heterocycles. The zero-order valence-corrected chi connectivity index (χ0v) is 15.0. The van der Waals surface area contributed by atoms with Gasteiger partial charge in [0.25, 0.3) is 0 Å². The van der Waals surface area contributed by atoms with Gasteiger partial charge in [-0.3, -0.25) is 4.79 Å². The number of imidazole rings is 1. The molecular formula is C19H34N2O2. The number of unbranched alkanes of at least 4 members (excludes halogenated alkanes) is 10. The van der Waals surface area contributed by atoms with Gasteiger partial charge in [-0.05, 0) is 26.2 Å². The van der Waals surface area contributed by atoms with Crippen molar-refractivity contribution in [2.75, 3.05) is 0 Å². The summed E-state index contributed by atoms with van der Waals surface area (Å²) >= 11 is 0. The Morgan fingerprint density at radius 1 is 0.957 bits per heavy atom. The first kappa shape index (κ1) is 19.7. The average Bonchev–Trinajstić information content (AvgIpc) is 2.82. The third kappa shape index (κ3) is 10.1. The fourth-order valence-corrected chi connectivity index (χ4v) is 2.93. The normalized spacial score (nSPS) is 11.0. The molecule has 0 bridgehead atoms. The minimum Gasteiger partial charge on any atom is -0.481 e. The lowest BCUT2D eigenvalue weighted by Gasteiger charge is -2.02. The van der Waals surface area contributed by atoms with E-state index in [1.54, 1.807) is 0 Å². The van der Waals surface area contributed by atoms with Gasteiger partial charge in [-0.25, -0.2) is 4.98 Å². The lowest BCUT2D eigenvalue weighted by molar-refractivity contribution is -0.137. The third-order valence-corrected chi connectivity index (χ3v) is 4.48. The van der Waals surface area contributed by atoms with E-state index < -0.39 is 5.97 Å². The van der Waals surface area contributed by atoms with Gasteiger partial charge < -0.3 is 9.67 Å². The number of hydrogen-bond donors (Lipinski definition) is 1. The summed E-state index contributed by atoms with van der Waals surface area (Å²) < 4.78 is 2.09. The first-order valence-electron chi connectivity index (χ1n) is 9.30. The SMILES string of the molecule is Cc1nc(CCCCCCCCCCCCCC(=O)O)cn1C. The van der Waals surface area contributed by atoms with Crippen molar-refractivity contribution in [3.8, 4) is 0 Å². The molecule has 1 rings (SSSR count). The molecule has 0 spiro atoms. The number of aromatic nitrogens is 2. The number of carboxylic acids is 1. The van der Waals surface area contributed by atoms with Crippen LogP contribution in [0.3, 0.4) is 0 Å². The van der Waals surface area contributed by atoms with Crippen LogP contribution in [0.25, 0.3) is 0 Å². The van der Waals surface area contributed by atoms with Crippen LogP contribution in [0, 0.1) is 6.92 Å². The van der Waals surface area contributed by atoms with E-state index in [0.717, 1.165) is 25.1 Å². The molecule has 0 unspecified atom stereocenters. The Bertz CT molecular complexity index is 421. The Morgan fingerprint density at radius 3 is 1.87 bits per heavy atom. The Labute approximate surface area is 141 Å². The molecule has 0 radical (unpaired) electrons. The molecule has 0 saturated heterocycles. The standard InChI is InChI=1S/C19H34N2O2/c1-17-20-18(16-21(17)2)14-12-10-8-6-4-3-5-7-9-11-13-15-19(22)23/h16H,3-15H2,1-2H3,(H,22,23). The number of aryl methyl sites for hydroxylation is 3. The second kappa shape index (κ2) is 12.1. The van der Waals surface area contributed by atoms with Gasteiger partial charge in [0, 0.05) is 19.7 Å². The monoisotopic (exact) mass is 322 g/mol. The van der Waals surface area contributed by atoms with Crippen molar-refractivity contribution in [1.82, 2.24) is 9.55 Å². The number of hydrogen-bond acceptors (Lipinski definition) is 2. The average molecular weight is 322 g/mol. The van der Waals surface area contributed by atoms with Crippen molar-refractivity contribution < 1.29 is 9.90 Å². The second-order valence-electron chi connectivity index (χ2n) is 6.67. The molecule has 0 atom stereocenters. The zero-order chi connectivity index (χ0) is 16.9. The molecule has 0 fully saturated rings. The molecule has 1 aromatic rings. The summed E-state index contributed by atoms with van der Waals surface area (Å²) in [5.41, 5.74) is 1.23. The molecule has 4 heteroatoms. The van der Waals surface area contributed by atoms with E-state index in [1.807, 2.05) is 0 Å². The Hall–Kier alpha value is -1.32. The van der Waals surface area contributed by atoms with E-state index >= 15 is 0 Å². The van der Waals surface area contributed by atoms with Crippen molar-refractivity contribution in [3.63, 3.8) is 0 Å². The van der Waals surface area contributed by atoms with Gasteiger partial charge in [0.2, 0.25) is 0 Å². The highest BCUT2D eigenvalue weighted by molar-refractivity contribution is 5.66. The number of rotatable bonds is 14. The van der Waals surface area contributed by atoms with Crippen LogP contribution < -0.4 is 0 Å². The van der Waals surface area contributed by atoms with Crippen molar-refractivity contribution in [3.05, 3.63) is 17.7 Å². The summed E-state index contributed by atoms with van der Waals surface area (Å²) in [6.07, 6.45) is 17.2. The van der Waals surface area contributed by atoms with Crippen molar-refractivity contribution in [1.29, 1.82) is 0 Å². The predicted octanol–water partition coefficient (Wildman–Crippen LogP) is 5.04. The van der Waals surface area contributed by atoms with E-state index in [2.05, 4.69) is 29.7 Å². The van der Waals surface area contributed by atoms with E-state index in [9.17, 15) is 4.79 Å². The number of carboxylic acid groups (broad SMARTS) is 1. The van der Waals surface area contributed by atoms with E-state index in [1.165, 1.54) is 63.5 Å². The van der Waals surface area contributed by atoms with Gasteiger partial charge in [0.05, 0.1) is 5.69 Å². The van der Waals surface area contributed by atoms with E-state index in [4.69, 9.17) is 5.11 Å². The molecule has 0 aliphatic heterocycles. The van der Waals surface area contributed by atoms with Crippen molar-refractivity contribution >= 4 is 5.97 Å². The van der Waals surface area contributed by atoms with Crippen LogP contribution >= 0.6 is 0 Å². The van der Waals surface area contributed by atoms with Crippen LogP contribution in [0.4, 0.5) is 0 Å². The molecule has 0 amide bonds. The third-order valence-electron chi connectivity index (χ3n) is 4.48. The molecular weight excluding hydrogens is 288 g/mol. The Morgan fingerprint density at radius 2 is 1.43 bits per heavy atom. The number of carbonyl (C=O) groups is 1. The minimum atomic E-state index is -0.664. The number of aliphatic carboxylic acids is 1. The first-order chi connectivity index (χ1) is 11.1. The summed E-state index contributed by atoms with van der Waals surface area (Å²) in [6.45, 7) is 2.05. The van der Waals surface area contributed by atoms with E-state index in [0.29, 0.717) is 6.42 Å².